The molecule has 1 aromatic heterocycles. The summed E-state index contributed by atoms with van der Waals surface area (Å²) in [7, 11) is 0. The number of aryl methyl sites for hydroxylation is 1. The number of nitrogens with zero attached hydrogens (tertiary/aromatic N) is 2. The topological polar surface area (TPSA) is 64.0 Å². The van der Waals surface area contributed by atoms with E-state index in [4.69, 9.17) is 34.8 Å². The fourth-order valence-corrected chi connectivity index (χ4v) is 2.28. The number of aromatic nitrogens is 2. The van der Waals surface area contributed by atoms with E-state index < -0.39 is 21.4 Å². The summed E-state index contributed by atoms with van der Waals surface area (Å²) in [5, 5.41) is 2.54. The maximum absolute atomic E-state index is 12.2. The van der Waals surface area contributed by atoms with E-state index in [2.05, 4.69) is 10.3 Å². The molecular formula is C14H12Cl3N3O2. The van der Waals surface area contributed by atoms with Crippen LogP contribution >= 0.6 is 34.8 Å². The third-order valence-electron chi connectivity index (χ3n) is 2.86. The first kappa shape index (κ1) is 16.8. The first-order chi connectivity index (χ1) is 10.3. The zero-order chi connectivity index (χ0) is 16.3. The molecule has 0 aliphatic carbocycles. The Morgan fingerprint density at radius 3 is 2.45 bits per heavy atom. The maximum Gasteiger partial charge on any atom is 0.255 e. The van der Waals surface area contributed by atoms with Gasteiger partial charge in [-0.25, -0.2) is 4.98 Å². The quantitative estimate of drug-likeness (QED) is 0.856. The van der Waals surface area contributed by atoms with E-state index in [9.17, 15) is 9.59 Å². The van der Waals surface area contributed by atoms with Crippen LogP contribution in [0.1, 0.15) is 22.2 Å². The fraction of sp³-hybridized carbons (Fsp3) is 0.214. The highest BCUT2D eigenvalue weighted by Crippen LogP contribution is 2.36. The molecule has 0 aliphatic heterocycles. The van der Waals surface area contributed by atoms with E-state index in [0.29, 0.717) is 11.3 Å². The number of alkyl halides is 3. The predicted octanol–water partition coefficient (Wildman–Crippen LogP) is 2.85. The second-order valence-electron chi connectivity index (χ2n) is 4.56. The summed E-state index contributed by atoms with van der Waals surface area (Å²) < 4.78 is -0.855. The normalized spacial score (nSPS) is 12.7. The van der Waals surface area contributed by atoms with Gasteiger partial charge in [0, 0.05) is 17.3 Å². The summed E-state index contributed by atoms with van der Waals surface area (Å²) in [4.78, 5) is 28.3. The number of amides is 1. The molecule has 22 heavy (non-hydrogen) atoms. The van der Waals surface area contributed by atoms with E-state index in [-0.39, 0.29) is 0 Å². The monoisotopic (exact) mass is 359 g/mol. The minimum absolute atomic E-state index is 0.384. The Bertz CT molecular complexity index is 726. The van der Waals surface area contributed by atoms with Crippen molar-refractivity contribution >= 4 is 40.7 Å². The van der Waals surface area contributed by atoms with E-state index in [1.165, 1.54) is 12.4 Å². The summed E-state index contributed by atoms with van der Waals surface area (Å²) >= 11 is 17.7. The Hall–Kier alpha value is -1.56. The molecule has 1 aromatic carbocycles. The smallest absolute Gasteiger partial charge is 0.255 e. The Balaban J connectivity index is 2.36. The molecule has 1 heterocycles. The lowest BCUT2D eigenvalue weighted by Crippen LogP contribution is -2.44. The Morgan fingerprint density at radius 2 is 1.91 bits per heavy atom. The molecule has 2 rings (SSSR count). The van der Waals surface area contributed by atoms with Crippen molar-refractivity contribution in [1.82, 2.24) is 14.9 Å². The number of carbonyl (C=O) groups excluding carboxylic acids is 1. The van der Waals surface area contributed by atoms with Gasteiger partial charge in [0.1, 0.15) is 0 Å². The number of hydrogen-bond donors (Lipinski definition) is 1. The van der Waals surface area contributed by atoms with Crippen LogP contribution in [-0.4, -0.2) is 19.3 Å². The standard InChI is InChI=1S/C14H12Cl3N3O2/c1-9-7-11(21)20(8-18-9)13(14(15,16)17)19-12(22)10-5-3-2-4-6-10/h2-8,13H,1H3,(H,19,22)/t13-/m0/s1. The van der Waals surface area contributed by atoms with Gasteiger partial charge in [-0.3, -0.25) is 14.2 Å². The molecule has 1 amide bonds. The number of halogens is 3. The van der Waals surface area contributed by atoms with Crippen LogP contribution in [-0.2, 0) is 0 Å². The summed E-state index contributed by atoms with van der Waals surface area (Å²) in [5.74, 6) is -0.468. The third-order valence-corrected chi connectivity index (χ3v) is 3.48. The van der Waals surface area contributed by atoms with E-state index >= 15 is 0 Å². The van der Waals surface area contributed by atoms with Crippen molar-refractivity contribution in [3.05, 3.63) is 64.3 Å². The van der Waals surface area contributed by atoms with Gasteiger partial charge in [0.2, 0.25) is 3.79 Å². The predicted molar refractivity (Wildman–Crippen MR) is 86.5 cm³/mol. The molecule has 0 unspecified atom stereocenters. The van der Waals surface area contributed by atoms with Crippen LogP contribution in [0.2, 0.25) is 0 Å². The molecular weight excluding hydrogens is 349 g/mol. The Labute approximate surface area is 141 Å². The van der Waals surface area contributed by atoms with E-state index in [1.807, 2.05) is 0 Å². The minimum Gasteiger partial charge on any atom is -0.328 e. The highest BCUT2D eigenvalue weighted by Gasteiger charge is 2.36. The molecule has 0 saturated heterocycles. The van der Waals surface area contributed by atoms with Gasteiger partial charge in [-0.1, -0.05) is 53.0 Å². The van der Waals surface area contributed by atoms with Crippen molar-refractivity contribution in [2.24, 2.45) is 0 Å². The number of benzene rings is 1. The SMILES string of the molecule is Cc1cc(=O)n([C@H](NC(=O)c2ccccc2)C(Cl)(Cl)Cl)cn1. The van der Waals surface area contributed by atoms with E-state index in [0.717, 1.165) is 4.57 Å². The summed E-state index contributed by atoms with van der Waals surface area (Å²) in [5.41, 5.74) is 0.478. The number of hydrogen-bond acceptors (Lipinski definition) is 3. The number of nitrogens with one attached hydrogen (secondary N) is 1. The summed E-state index contributed by atoms with van der Waals surface area (Å²) in [6.45, 7) is 1.67. The highest BCUT2D eigenvalue weighted by molar-refractivity contribution is 6.67. The molecule has 1 atom stereocenters. The fourth-order valence-electron chi connectivity index (χ4n) is 1.80. The molecule has 5 nitrogen and oxygen atoms in total. The molecule has 1 N–H and O–H groups in total. The maximum atomic E-state index is 12.2. The van der Waals surface area contributed by atoms with Crippen molar-refractivity contribution in [1.29, 1.82) is 0 Å². The molecule has 0 aliphatic rings. The first-order valence-electron chi connectivity index (χ1n) is 6.26. The summed E-state index contributed by atoms with van der Waals surface area (Å²) in [6.07, 6.45) is 0.0426. The summed E-state index contributed by atoms with van der Waals surface area (Å²) in [6, 6.07) is 9.70. The van der Waals surface area contributed by atoms with Crippen molar-refractivity contribution < 1.29 is 4.79 Å². The van der Waals surface area contributed by atoms with Crippen molar-refractivity contribution in [2.75, 3.05) is 0 Å². The molecule has 0 spiro atoms. The third kappa shape index (κ3) is 4.00. The van der Waals surface area contributed by atoms with Gasteiger partial charge < -0.3 is 5.32 Å². The highest BCUT2D eigenvalue weighted by atomic mass is 35.6. The molecule has 0 saturated carbocycles. The molecule has 0 bridgehead atoms. The van der Waals surface area contributed by atoms with Crippen molar-refractivity contribution in [2.45, 2.75) is 16.9 Å². The van der Waals surface area contributed by atoms with Crippen LogP contribution in [0.25, 0.3) is 0 Å². The van der Waals surface area contributed by atoms with Crippen molar-refractivity contribution in [3.8, 4) is 0 Å². The van der Waals surface area contributed by atoms with Gasteiger partial charge in [-0.15, -0.1) is 0 Å². The van der Waals surface area contributed by atoms with Crippen LogP contribution in [0.4, 0.5) is 0 Å². The zero-order valence-corrected chi connectivity index (χ0v) is 13.7. The molecule has 8 heteroatoms. The molecule has 0 fully saturated rings. The Kier molecular flexibility index (Phi) is 5.11. The van der Waals surface area contributed by atoms with Gasteiger partial charge in [0.15, 0.2) is 6.17 Å². The molecule has 2 aromatic rings. The number of rotatable bonds is 3. The lowest BCUT2D eigenvalue weighted by molar-refractivity contribution is 0.0919. The van der Waals surface area contributed by atoms with Gasteiger partial charge >= 0.3 is 0 Å². The second-order valence-corrected chi connectivity index (χ2v) is 6.93. The number of carbonyl (C=O) groups is 1. The zero-order valence-electron chi connectivity index (χ0n) is 11.5. The largest absolute Gasteiger partial charge is 0.328 e. The van der Waals surface area contributed by atoms with Gasteiger partial charge in [0.05, 0.1) is 6.33 Å². The van der Waals surface area contributed by atoms with Gasteiger partial charge in [0.25, 0.3) is 11.5 Å². The van der Waals surface area contributed by atoms with Crippen LogP contribution in [0.5, 0.6) is 0 Å². The van der Waals surface area contributed by atoms with Gasteiger partial charge in [-0.2, -0.15) is 0 Å². The van der Waals surface area contributed by atoms with E-state index in [1.54, 1.807) is 37.3 Å². The van der Waals surface area contributed by atoms with Gasteiger partial charge in [-0.05, 0) is 19.1 Å². The minimum atomic E-state index is -1.93. The molecule has 0 radical (unpaired) electrons. The van der Waals surface area contributed by atoms with Crippen LogP contribution < -0.4 is 10.9 Å². The van der Waals surface area contributed by atoms with Crippen LogP contribution in [0.15, 0.2) is 47.5 Å². The Morgan fingerprint density at radius 1 is 1.27 bits per heavy atom. The van der Waals surface area contributed by atoms with Crippen LogP contribution in [0, 0.1) is 6.92 Å². The van der Waals surface area contributed by atoms with Crippen LogP contribution in [0.3, 0.4) is 0 Å². The lowest BCUT2D eigenvalue weighted by atomic mass is 10.2. The van der Waals surface area contributed by atoms with Crippen molar-refractivity contribution in [3.63, 3.8) is 0 Å². The average molecular weight is 361 g/mol. The average Bonchev–Trinajstić information content (AvgIpc) is 2.45. The lowest BCUT2D eigenvalue weighted by Gasteiger charge is -2.27. The second kappa shape index (κ2) is 6.69. The molecule has 116 valence electrons. The first-order valence-corrected chi connectivity index (χ1v) is 7.40.